The Morgan fingerprint density at radius 3 is 2.19 bits per heavy atom. The maximum absolute atomic E-state index is 12.8. The molecule has 0 aliphatic carbocycles. The molecular formula is C23H16BrN3O4S. The molecule has 0 saturated heterocycles. The Morgan fingerprint density at radius 1 is 0.969 bits per heavy atom. The molecule has 32 heavy (non-hydrogen) atoms. The number of nitrogens with one attached hydrogen (secondary N) is 2. The first-order valence-electron chi connectivity index (χ1n) is 9.43. The van der Waals surface area contributed by atoms with Crippen LogP contribution in [0.5, 0.6) is 5.75 Å². The standard InChI is InChI=1S/C23H16BrN3O4S/c1-31-19-12-15(25-23(32)26-20(28)13-6-8-14(24)9-7-13)10-11-18(19)27-21(29)16-4-2-3-5-17(16)22(27)30/h2-12H,1H3,(H2,25,26,28,32). The van der Waals surface area contributed by atoms with E-state index in [4.69, 9.17) is 17.0 Å². The molecule has 1 aliphatic rings. The first-order valence-corrected chi connectivity index (χ1v) is 10.6. The SMILES string of the molecule is COc1cc(NC(=S)NC(=O)c2ccc(Br)cc2)ccc1N1C(=O)c2ccccc2C1=O. The summed E-state index contributed by atoms with van der Waals surface area (Å²) in [4.78, 5) is 39.0. The molecule has 1 heterocycles. The summed E-state index contributed by atoms with van der Waals surface area (Å²) in [6.07, 6.45) is 0. The highest BCUT2D eigenvalue weighted by atomic mass is 79.9. The Hall–Kier alpha value is -3.56. The van der Waals surface area contributed by atoms with Gasteiger partial charge in [0.05, 0.1) is 23.9 Å². The van der Waals surface area contributed by atoms with E-state index in [1.54, 1.807) is 66.7 Å². The molecular weight excluding hydrogens is 494 g/mol. The van der Waals surface area contributed by atoms with Gasteiger partial charge in [0, 0.05) is 21.8 Å². The molecule has 0 saturated carbocycles. The molecule has 0 fully saturated rings. The van der Waals surface area contributed by atoms with E-state index in [0.29, 0.717) is 33.8 Å². The molecule has 3 amide bonds. The Labute approximate surface area is 197 Å². The zero-order valence-corrected chi connectivity index (χ0v) is 19.1. The number of carbonyl (C=O) groups excluding carboxylic acids is 3. The van der Waals surface area contributed by atoms with Crippen molar-refractivity contribution in [1.82, 2.24) is 5.32 Å². The second-order valence-electron chi connectivity index (χ2n) is 6.79. The van der Waals surface area contributed by atoms with E-state index < -0.39 is 11.8 Å². The minimum atomic E-state index is -0.415. The number of amides is 3. The zero-order chi connectivity index (χ0) is 22.8. The predicted molar refractivity (Wildman–Crippen MR) is 128 cm³/mol. The minimum Gasteiger partial charge on any atom is -0.494 e. The third kappa shape index (κ3) is 4.12. The van der Waals surface area contributed by atoms with Crippen LogP contribution in [0.1, 0.15) is 31.1 Å². The van der Waals surface area contributed by atoms with Crippen LogP contribution in [-0.2, 0) is 0 Å². The van der Waals surface area contributed by atoms with Gasteiger partial charge in [-0.1, -0.05) is 28.1 Å². The third-order valence-corrected chi connectivity index (χ3v) is 5.54. The van der Waals surface area contributed by atoms with E-state index in [-0.39, 0.29) is 11.0 Å². The van der Waals surface area contributed by atoms with E-state index in [9.17, 15) is 14.4 Å². The fourth-order valence-electron chi connectivity index (χ4n) is 3.29. The van der Waals surface area contributed by atoms with Gasteiger partial charge >= 0.3 is 0 Å². The fourth-order valence-corrected chi connectivity index (χ4v) is 3.76. The minimum absolute atomic E-state index is 0.0912. The van der Waals surface area contributed by atoms with Crippen LogP contribution in [0.2, 0.25) is 0 Å². The van der Waals surface area contributed by atoms with Gasteiger partial charge in [0.2, 0.25) is 0 Å². The highest BCUT2D eigenvalue weighted by Crippen LogP contribution is 2.36. The van der Waals surface area contributed by atoms with Crippen LogP contribution >= 0.6 is 28.1 Å². The summed E-state index contributed by atoms with van der Waals surface area (Å²) >= 11 is 8.55. The van der Waals surface area contributed by atoms with Crippen molar-refractivity contribution in [3.8, 4) is 5.75 Å². The summed E-state index contributed by atoms with van der Waals surface area (Å²) in [5.74, 6) is -0.889. The monoisotopic (exact) mass is 509 g/mol. The average molecular weight is 510 g/mol. The summed E-state index contributed by atoms with van der Waals surface area (Å²) in [5, 5.41) is 5.60. The van der Waals surface area contributed by atoms with Gasteiger partial charge in [-0.05, 0) is 60.7 Å². The second kappa shape index (κ2) is 8.89. The van der Waals surface area contributed by atoms with E-state index in [1.807, 2.05) is 0 Å². The first kappa shape index (κ1) is 21.7. The van der Waals surface area contributed by atoms with Gasteiger partial charge in [-0.15, -0.1) is 0 Å². The van der Waals surface area contributed by atoms with Crippen molar-refractivity contribution in [3.05, 3.63) is 87.9 Å². The van der Waals surface area contributed by atoms with Gasteiger partial charge < -0.3 is 10.1 Å². The van der Waals surface area contributed by atoms with E-state index in [2.05, 4.69) is 26.6 Å². The quantitative estimate of drug-likeness (QED) is 0.400. The van der Waals surface area contributed by atoms with Crippen molar-refractivity contribution in [1.29, 1.82) is 0 Å². The average Bonchev–Trinajstić information content (AvgIpc) is 3.04. The number of rotatable bonds is 4. The molecule has 1 aliphatic heterocycles. The number of thiocarbonyl (C=S) groups is 1. The van der Waals surface area contributed by atoms with Gasteiger partial charge in [-0.2, -0.15) is 0 Å². The largest absolute Gasteiger partial charge is 0.494 e. The van der Waals surface area contributed by atoms with Crippen LogP contribution in [-0.4, -0.2) is 29.9 Å². The number of hydrogen-bond donors (Lipinski definition) is 2. The number of nitrogens with zero attached hydrogens (tertiary/aromatic N) is 1. The Kier molecular flexibility index (Phi) is 6.02. The number of anilines is 2. The maximum Gasteiger partial charge on any atom is 0.266 e. The molecule has 0 unspecified atom stereocenters. The molecule has 2 N–H and O–H groups in total. The lowest BCUT2D eigenvalue weighted by Gasteiger charge is -2.19. The molecule has 3 aromatic rings. The van der Waals surface area contributed by atoms with Crippen LogP contribution < -0.4 is 20.3 Å². The summed E-state index contributed by atoms with van der Waals surface area (Å²) in [7, 11) is 1.44. The van der Waals surface area contributed by atoms with Gasteiger partial charge in [0.1, 0.15) is 5.75 Å². The van der Waals surface area contributed by atoms with Crippen molar-refractivity contribution in [2.24, 2.45) is 0 Å². The molecule has 160 valence electrons. The van der Waals surface area contributed by atoms with Gasteiger partial charge in [0.15, 0.2) is 5.11 Å². The summed E-state index contributed by atoms with van der Waals surface area (Å²) in [6.45, 7) is 0. The molecule has 0 atom stereocenters. The summed E-state index contributed by atoms with van der Waals surface area (Å²) < 4.78 is 6.28. The fraction of sp³-hybridized carbons (Fsp3) is 0.0435. The lowest BCUT2D eigenvalue weighted by molar-refractivity contribution is 0.0922. The molecule has 0 aromatic heterocycles. The smallest absolute Gasteiger partial charge is 0.266 e. The lowest BCUT2D eigenvalue weighted by Crippen LogP contribution is -2.34. The maximum atomic E-state index is 12.8. The number of halogens is 1. The van der Waals surface area contributed by atoms with Gasteiger partial charge in [-0.3, -0.25) is 19.7 Å². The van der Waals surface area contributed by atoms with E-state index in [1.165, 1.54) is 7.11 Å². The van der Waals surface area contributed by atoms with Crippen LogP contribution in [0.4, 0.5) is 11.4 Å². The molecule has 0 bridgehead atoms. The van der Waals surface area contributed by atoms with E-state index >= 15 is 0 Å². The summed E-state index contributed by atoms with van der Waals surface area (Å²) in [5.41, 5.74) is 1.98. The number of methoxy groups -OCH3 is 1. The number of carbonyl (C=O) groups is 3. The van der Waals surface area contributed by atoms with Crippen LogP contribution in [0.15, 0.2) is 71.2 Å². The number of ether oxygens (including phenoxy) is 1. The third-order valence-electron chi connectivity index (χ3n) is 4.81. The van der Waals surface area contributed by atoms with Crippen molar-refractivity contribution >= 4 is 62.4 Å². The molecule has 0 radical (unpaired) electrons. The normalized spacial score (nSPS) is 12.4. The highest BCUT2D eigenvalue weighted by Gasteiger charge is 2.37. The molecule has 0 spiro atoms. The molecule has 7 nitrogen and oxygen atoms in total. The summed E-state index contributed by atoms with van der Waals surface area (Å²) in [6, 6.07) is 18.3. The number of hydrogen-bond acceptors (Lipinski definition) is 5. The zero-order valence-electron chi connectivity index (χ0n) is 16.7. The van der Waals surface area contributed by atoms with Gasteiger partial charge in [0.25, 0.3) is 17.7 Å². The van der Waals surface area contributed by atoms with Crippen molar-refractivity contribution in [2.75, 3.05) is 17.3 Å². The number of fused-ring (bicyclic) bond motifs is 1. The van der Waals surface area contributed by atoms with Crippen LogP contribution in [0.3, 0.4) is 0 Å². The van der Waals surface area contributed by atoms with Crippen molar-refractivity contribution in [3.63, 3.8) is 0 Å². The van der Waals surface area contributed by atoms with Crippen molar-refractivity contribution in [2.45, 2.75) is 0 Å². The Morgan fingerprint density at radius 2 is 1.59 bits per heavy atom. The Bertz CT molecular complexity index is 1230. The lowest BCUT2D eigenvalue weighted by atomic mass is 10.1. The number of benzene rings is 3. The predicted octanol–water partition coefficient (Wildman–Crippen LogP) is 4.39. The van der Waals surface area contributed by atoms with Crippen molar-refractivity contribution < 1.29 is 19.1 Å². The first-order chi connectivity index (χ1) is 15.4. The topological polar surface area (TPSA) is 87.7 Å². The molecule has 4 rings (SSSR count). The molecule has 9 heteroatoms. The second-order valence-corrected chi connectivity index (χ2v) is 8.12. The molecule has 3 aromatic carbocycles. The van der Waals surface area contributed by atoms with Gasteiger partial charge in [-0.25, -0.2) is 4.90 Å². The van der Waals surface area contributed by atoms with Crippen LogP contribution in [0, 0.1) is 0 Å². The van der Waals surface area contributed by atoms with Crippen LogP contribution in [0.25, 0.3) is 0 Å². The highest BCUT2D eigenvalue weighted by molar-refractivity contribution is 9.10. The number of imide groups is 1. The van der Waals surface area contributed by atoms with E-state index in [0.717, 1.165) is 9.37 Å². The Balaban J connectivity index is 1.51.